The molecule has 3 heteroatoms. The number of hydrogen-bond acceptors (Lipinski definition) is 1. The number of hydrogen-bond donors (Lipinski definition) is 0. The summed E-state index contributed by atoms with van der Waals surface area (Å²) >= 11 is 0. The van der Waals surface area contributed by atoms with Gasteiger partial charge < -0.3 is 14.0 Å². The monoisotopic (exact) mass is 767 g/mol. The van der Waals surface area contributed by atoms with E-state index in [4.69, 9.17) is 0 Å². The van der Waals surface area contributed by atoms with Crippen LogP contribution in [0.2, 0.25) is 0 Å². The van der Waals surface area contributed by atoms with Crippen LogP contribution in [0.5, 0.6) is 0 Å². The van der Waals surface area contributed by atoms with E-state index in [1.807, 2.05) is 0 Å². The van der Waals surface area contributed by atoms with Gasteiger partial charge in [-0.25, -0.2) is 0 Å². The molecule has 0 saturated heterocycles. The summed E-state index contributed by atoms with van der Waals surface area (Å²) in [6.45, 7) is 4.73. The first-order valence-electron chi connectivity index (χ1n) is 20.9. The molecule has 0 saturated carbocycles. The van der Waals surface area contributed by atoms with Crippen molar-refractivity contribution in [2.75, 3.05) is 4.90 Å². The zero-order valence-electron chi connectivity index (χ0n) is 33.5. The summed E-state index contributed by atoms with van der Waals surface area (Å²) in [4.78, 5) is 2.53. The van der Waals surface area contributed by atoms with Gasteiger partial charge in [-0.05, 0) is 101 Å². The summed E-state index contributed by atoms with van der Waals surface area (Å²) in [5.74, 6) is 0. The first-order chi connectivity index (χ1) is 29.6. The van der Waals surface area contributed by atoms with Gasteiger partial charge in [-0.1, -0.05) is 153 Å². The average molecular weight is 768 g/mol. The highest BCUT2D eigenvalue weighted by Gasteiger charge is 2.38. The summed E-state index contributed by atoms with van der Waals surface area (Å²) in [6, 6.07) is 77.9. The Morgan fingerprint density at radius 3 is 1.72 bits per heavy atom. The van der Waals surface area contributed by atoms with Crippen LogP contribution in [-0.2, 0) is 5.41 Å². The van der Waals surface area contributed by atoms with Gasteiger partial charge in [-0.2, -0.15) is 0 Å². The van der Waals surface area contributed by atoms with Crippen molar-refractivity contribution in [3.63, 3.8) is 0 Å². The van der Waals surface area contributed by atoms with Crippen molar-refractivity contribution in [2.45, 2.75) is 19.3 Å². The minimum absolute atomic E-state index is 0.141. The Morgan fingerprint density at radius 1 is 0.383 bits per heavy atom. The molecule has 1 aliphatic carbocycles. The second-order valence-corrected chi connectivity index (χ2v) is 16.5. The molecule has 284 valence electrons. The van der Waals surface area contributed by atoms with E-state index in [-0.39, 0.29) is 5.41 Å². The molecule has 0 unspecified atom stereocenters. The molecule has 0 bridgehead atoms. The summed E-state index contributed by atoms with van der Waals surface area (Å²) in [5.41, 5.74) is 18.0. The highest BCUT2D eigenvalue weighted by Crippen LogP contribution is 2.55. The van der Waals surface area contributed by atoms with Crippen LogP contribution in [0.3, 0.4) is 0 Å². The van der Waals surface area contributed by atoms with E-state index in [2.05, 4.69) is 240 Å². The summed E-state index contributed by atoms with van der Waals surface area (Å²) < 4.78 is 4.82. The van der Waals surface area contributed by atoms with Crippen LogP contribution >= 0.6 is 0 Å². The molecule has 60 heavy (non-hydrogen) atoms. The molecule has 2 heterocycles. The summed E-state index contributed by atoms with van der Waals surface area (Å²) in [7, 11) is 0. The maximum absolute atomic E-state index is 2.53. The van der Waals surface area contributed by atoms with E-state index < -0.39 is 0 Å². The van der Waals surface area contributed by atoms with Crippen LogP contribution in [-0.4, -0.2) is 9.13 Å². The predicted molar refractivity (Wildman–Crippen MR) is 253 cm³/mol. The molecule has 11 aromatic rings. The molecular weight excluding hydrogens is 727 g/mol. The van der Waals surface area contributed by atoms with Crippen molar-refractivity contribution < 1.29 is 0 Å². The number of anilines is 3. The van der Waals surface area contributed by atoms with E-state index in [9.17, 15) is 0 Å². The van der Waals surface area contributed by atoms with Crippen LogP contribution in [0.4, 0.5) is 17.1 Å². The Morgan fingerprint density at radius 2 is 0.933 bits per heavy atom. The lowest BCUT2D eigenvalue weighted by Crippen LogP contribution is -2.16. The smallest absolute Gasteiger partial charge is 0.0562 e. The normalized spacial score (nSPS) is 13.0. The first kappa shape index (κ1) is 34.4. The van der Waals surface area contributed by atoms with Crippen LogP contribution in [0, 0.1) is 0 Å². The Labute approximate surface area is 349 Å². The van der Waals surface area contributed by atoms with E-state index in [1.165, 1.54) is 77.1 Å². The summed E-state index contributed by atoms with van der Waals surface area (Å²) in [6.07, 6.45) is 0. The second kappa shape index (κ2) is 13.2. The maximum Gasteiger partial charge on any atom is 0.0562 e. The van der Waals surface area contributed by atoms with Crippen molar-refractivity contribution >= 4 is 60.7 Å². The largest absolute Gasteiger partial charge is 0.309 e. The van der Waals surface area contributed by atoms with Gasteiger partial charge >= 0.3 is 0 Å². The van der Waals surface area contributed by atoms with Gasteiger partial charge in [-0.15, -0.1) is 0 Å². The molecule has 0 amide bonds. The molecule has 2 aromatic heterocycles. The van der Waals surface area contributed by atoms with E-state index in [0.29, 0.717) is 0 Å². The lowest BCUT2D eigenvalue weighted by atomic mass is 9.82. The van der Waals surface area contributed by atoms with Crippen LogP contribution in [0.1, 0.15) is 25.0 Å². The first-order valence-corrected chi connectivity index (χ1v) is 20.9. The Kier molecular flexibility index (Phi) is 7.58. The third-order valence-electron chi connectivity index (χ3n) is 12.9. The number of benzene rings is 9. The lowest BCUT2D eigenvalue weighted by molar-refractivity contribution is 0.660. The molecule has 0 N–H and O–H groups in total. The number of rotatable bonds is 6. The summed E-state index contributed by atoms with van der Waals surface area (Å²) in [5, 5.41) is 4.95. The quantitative estimate of drug-likeness (QED) is 0.164. The molecule has 0 fully saturated rings. The average Bonchev–Trinajstić information content (AvgIpc) is 3.91. The lowest BCUT2D eigenvalue weighted by Gasteiger charge is -2.30. The van der Waals surface area contributed by atoms with Crippen LogP contribution in [0.25, 0.3) is 77.2 Å². The molecule has 9 aromatic carbocycles. The fourth-order valence-electron chi connectivity index (χ4n) is 10.2. The van der Waals surface area contributed by atoms with Gasteiger partial charge in [0.15, 0.2) is 0 Å². The molecule has 3 nitrogen and oxygen atoms in total. The minimum Gasteiger partial charge on any atom is -0.309 e. The van der Waals surface area contributed by atoms with Crippen molar-refractivity contribution in [3.8, 4) is 33.6 Å². The Bertz CT molecular complexity index is 3460. The highest BCUT2D eigenvalue weighted by atomic mass is 15.2. The number of aromatic nitrogens is 2. The molecule has 1 aliphatic rings. The van der Waals surface area contributed by atoms with Crippen molar-refractivity contribution in [2.24, 2.45) is 0 Å². The van der Waals surface area contributed by atoms with Crippen LogP contribution < -0.4 is 4.90 Å². The zero-order valence-corrected chi connectivity index (χ0v) is 33.5. The third-order valence-corrected chi connectivity index (χ3v) is 12.9. The fraction of sp³-hybridized carbons (Fsp3) is 0.0526. The SMILES string of the molecule is CC1(C)c2ccccc2-c2c(N(c3cccc(-c4ccc5c6ccccc6n(-c6ccccc6)c5c4)c3)c3cccc4c3c3ccccc3n4-c3ccccc3)cccc21. The molecule has 0 spiro atoms. The molecule has 0 radical (unpaired) electrons. The number of para-hydroxylation sites is 4. The molecule has 12 rings (SSSR count). The van der Waals surface area contributed by atoms with Gasteiger partial charge in [0.1, 0.15) is 0 Å². The van der Waals surface area contributed by atoms with Gasteiger partial charge in [-0.3, -0.25) is 0 Å². The zero-order chi connectivity index (χ0) is 40.0. The molecule has 0 aliphatic heterocycles. The van der Waals surface area contributed by atoms with Gasteiger partial charge in [0.05, 0.1) is 33.4 Å². The fourth-order valence-corrected chi connectivity index (χ4v) is 10.2. The van der Waals surface area contributed by atoms with Gasteiger partial charge in [0.25, 0.3) is 0 Å². The maximum atomic E-state index is 2.53. The van der Waals surface area contributed by atoms with Crippen molar-refractivity contribution in [3.05, 3.63) is 223 Å². The third kappa shape index (κ3) is 5.02. The van der Waals surface area contributed by atoms with E-state index in [0.717, 1.165) is 28.3 Å². The van der Waals surface area contributed by atoms with Crippen LogP contribution in [0.15, 0.2) is 212 Å². The van der Waals surface area contributed by atoms with E-state index in [1.54, 1.807) is 0 Å². The van der Waals surface area contributed by atoms with Gasteiger partial charge in [0, 0.05) is 49.6 Å². The predicted octanol–water partition coefficient (Wildman–Crippen LogP) is 15.3. The Hall–Kier alpha value is -7.62. The second-order valence-electron chi connectivity index (χ2n) is 16.5. The molecule has 0 atom stereocenters. The molecular formula is C57H41N3. The van der Waals surface area contributed by atoms with Crippen molar-refractivity contribution in [1.82, 2.24) is 9.13 Å². The standard InChI is InChI=1S/C57H41N3/c1-57(2)47-27-12-9-25-45(47)55-48(57)28-16-31-51(55)60(53-33-17-32-52-56(53)46-26-11-14-30-50(46)58(52)40-19-5-3-6-20-40)42-23-15-18-38(36-42)39-34-35-44-43-24-10-13-29-49(43)59(54(44)37-39)41-21-7-4-8-22-41/h3-37H,1-2H3. The number of nitrogens with zero attached hydrogens (tertiary/aromatic N) is 3. The number of fused-ring (bicyclic) bond motifs is 9. The van der Waals surface area contributed by atoms with Gasteiger partial charge in [0.2, 0.25) is 0 Å². The van der Waals surface area contributed by atoms with E-state index >= 15 is 0 Å². The Balaban J connectivity index is 1.13. The van der Waals surface area contributed by atoms with Crippen molar-refractivity contribution in [1.29, 1.82) is 0 Å². The topological polar surface area (TPSA) is 13.1 Å². The minimum atomic E-state index is -0.141. The highest BCUT2D eigenvalue weighted by molar-refractivity contribution is 6.17.